The first-order chi connectivity index (χ1) is 7.75. The molecule has 2 heterocycles. The summed E-state index contributed by atoms with van der Waals surface area (Å²) in [5.74, 6) is 0.326. The maximum absolute atomic E-state index is 11.6. The highest BCUT2D eigenvalue weighted by Crippen LogP contribution is 2.08. The second kappa shape index (κ2) is 4.48. The predicted octanol–water partition coefficient (Wildman–Crippen LogP) is 1.31. The van der Waals surface area contributed by atoms with Gasteiger partial charge in [-0.2, -0.15) is 0 Å². The zero-order valence-corrected chi connectivity index (χ0v) is 8.38. The lowest BCUT2D eigenvalue weighted by molar-refractivity contribution is 0.0947. The highest BCUT2D eigenvalue weighted by atomic mass is 16.3. The van der Waals surface area contributed by atoms with Gasteiger partial charge in [-0.05, 0) is 18.2 Å². The third-order valence-electron chi connectivity index (χ3n) is 1.99. The number of carbonyl (C=O) groups is 1. The fourth-order valence-electron chi connectivity index (χ4n) is 1.23. The fourth-order valence-corrected chi connectivity index (χ4v) is 1.23. The van der Waals surface area contributed by atoms with Gasteiger partial charge in [-0.1, -0.05) is 0 Å². The van der Waals surface area contributed by atoms with E-state index in [1.54, 1.807) is 12.1 Å². The second-order valence-electron chi connectivity index (χ2n) is 3.19. The number of furan rings is 1. The first-order valence-corrected chi connectivity index (χ1v) is 4.70. The van der Waals surface area contributed by atoms with Crippen molar-refractivity contribution >= 4 is 5.91 Å². The van der Waals surface area contributed by atoms with Crippen molar-refractivity contribution in [2.75, 3.05) is 0 Å². The number of hydrogen-bond acceptors (Lipinski definition) is 4. The molecule has 2 N–H and O–H groups in total. The first kappa shape index (κ1) is 10.2. The Bertz CT molecular complexity index is 480. The van der Waals surface area contributed by atoms with Crippen LogP contribution < -0.4 is 5.32 Å². The molecule has 1 amide bonds. The van der Waals surface area contributed by atoms with Crippen molar-refractivity contribution in [2.24, 2.45) is 0 Å². The van der Waals surface area contributed by atoms with Gasteiger partial charge in [0.25, 0.3) is 5.91 Å². The standard InChI is InChI=1S/C11H10N2O3/c14-9-4-8(5-12-6-9)11(15)13-7-10-2-1-3-16-10/h1-6,14H,7H2,(H,13,15). The molecule has 0 atom stereocenters. The van der Waals surface area contributed by atoms with E-state index in [2.05, 4.69) is 10.3 Å². The lowest BCUT2D eigenvalue weighted by Crippen LogP contribution is -2.22. The topological polar surface area (TPSA) is 75.4 Å². The minimum absolute atomic E-state index is 0.0364. The Balaban J connectivity index is 1.98. The van der Waals surface area contributed by atoms with Gasteiger partial charge in [0.15, 0.2) is 0 Å². The molecule has 0 aliphatic rings. The summed E-state index contributed by atoms with van der Waals surface area (Å²) >= 11 is 0. The van der Waals surface area contributed by atoms with E-state index in [0.717, 1.165) is 0 Å². The number of nitrogens with zero attached hydrogens (tertiary/aromatic N) is 1. The van der Waals surface area contributed by atoms with E-state index in [9.17, 15) is 4.79 Å². The van der Waals surface area contributed by atoms with E-state index in [-0.39, 0.29) is 11.7 Å². The van der Waals surface area contributed by atoms with Gasteiger partial charge in [-0.15, -0.1) is 0 Å². The number of amides is 1. The summed E-state index contributed by atoms with van der Waals surface area (Å²) in [6, 6.07) is 4.86. The number of rotatable bonds is 3. The van der Waals surface area contributed by atoms with Gasteiger partial charge in [-0.25, -0.2) is 0 Å². The van der Waals surface area contributed by atoms with E-state index in [1.807, 2.05) is 0 Å². The third kappa shape index (κ3) is 2.38. The van der Waals surface area contributed by atoms with Crippen LogP contribution in [0.4, 0.5) is 0 Å². The molecule has 0 saturated carbocycles. The fraction of sp³-hybridized carbons (Fsp3) is 0.0909. The van der Waals surface area contributed by atoms with Gasteiger partial charge in [0.05, 0.1) is 24.6 Å². The quantitative estimate of drug-likeness (QED) is 0.814. The van der Waals surface area contributed by atoms with Gasteiger partial charge in [0.2, 0.25) is 0 Å². The summed E-state index contributed by atoms with van der Waals surface area (Å²) in [6.45, 7) is 0.307. The van der Waals surface area contributed by atoms with Crippen LogP contribution in [0, 0.1) is 0 Å². The largest absolute Gasteiger partial charge is 0.506 e. The molecule has 5 nitrogen and oxygen atoms in total. The van der Waals surface area contributed by atoms with Gasteiger partial charge in [0.1, 0.15) is 11.5 Å². The number of carbonyl (C=O) groups excluding carboxylic acids is 1. The Morgan fingerprint density at radius 1 is 1.50 bits per heavy atom. The lowest BCUT2D eigenvalue weighted by atomic mass is 10.2. The number of pyridine rings is 1. The lowest BCUT2D eigenvalue weighted by Gasteiger charge is -2.02. The van der Waals surface area contributed by atoms with E-state index < -0.39 is 0 Å². The number of hydrogen-bond donors (Lipinski definition) is 2. The average Bonchev–Trinajstić information content (AvgIpc) is 2.78. The number of aromatic nitrogens is 1. The molecule has 0 aliphatic carbocycles. The SMILES string of the molecule is O=C(NCc1ccco1)c1cncc(O)c1. The van der Waals surface area contributed by atoms with Crippen LogP contribution in [0.2, 0.25) is 0 Å². The maximum Gasteiger partial charge on any atom is 0.253 e. The molecule has 2 rings (SSSR count). The monoisotopic (exact) mass is 218 g/mol. The van der Waals surface area contributed by atoms with Gasteiger partial charge < -0.3 is 14.8 Å². The molecular weight excluding hydrogens is 208 g/mol. The van der Waals surface area contributed by atoms with Crippen LogP contribution in [-0.4, -0.2) is 16.0 Å². The highest BCUT2D eigenvalue weighted by molar-refractivity contribution is 5.94. The van der Waals surface area contributed by atoms with E-state index in [0.29, 0.717) is 17.9 Å². The molecule has 0 spiro atoms. The molecule has 82 valence electrons. The summed E-state index contributed by atoms with van der Waals surface area (Å²) in [7, 11) is 0. The molecule has 0 fully saturated rings. The number of nitrogens with one attached hydrogen (secondary N) is 1. The van der Waals surface area contributed by atoms with Crippen molar-refractivity contribution in [3.8, 4) is 5.75 Å². The zero-order chi connectivity index (χ0) is 11.4. The van der Waals surface area contributed by atoms with Crippen LogP contribution in [0.25, 0.3) is 0 Å². The molecule has 0 unspecified atom stereocenters. The third-order valence-corrected chi connectivity index (χ3v) is 1.99. The first-order valence-electron chi connectivity index (χ1n) is 4.70. The van der Waals surface area contributed by atoms with Crippen molar-refractivity contribution in [1.82, 2.24) is 10.3 Å². The average molecular weight is 218 g/mol. The molecular formula is C11H10N2O3. The summed E-state index contributed by atoms with van der Waals surface area (Å²) in [5, 5.41) is 11.8. The van der Waals surface area contributed by atoms with Crippen LogP contribution in [-0.2, 0) is 6.54 Å². The number of aromatic hydroxyl groups is 1. The van der Waals surface area contributed by atoms with Gasteiger partial charge in [-0.3, -0.25) is 9.78 Å². The summed E-state index contributed by atoms with van der Waals surface area (Å²) in [6.07, 6.45) is 4.19. The molecule has 2 aromatic heterocycles. The summed E-state index contributed by atoms with van der Waals surface area (Å²) in [4.78, 5) is 15.3. The molecule has 0 saturated heterocycles. The Hall–Kier alpha value is -2.30. The smallest absolute Gasteiger partial charge is 0.253 e. The van der Waals surface area contributed by atoms with Crippen molar-refractivity contribution in [2.45, 2.75) is 6.54 Å². The van der Waals surface area contributed by atoms with E-state index >= 15 is 0 Å². The Morgan fingerprint density at radius 3 is 3.06 bits per heavy atom. The van der Waals surface area contributed by atoms with Crippen molar-refractivity contribution in [3.05, 3.63) is 48.2 Å². The van der Waals surface area contributed by atoms with Crippen molar-refractivity contribution in [1.29, 1.82) is 0 Å². The van der Waals surface area contributed by atoms with Crippen LogP contribution in [0.3, 0.4) is 0 Å². The molecule has 2 aromatic rings. The van der Waals surface area contributed by atoms with E-state index in [4.69, 9.17) is 9.52 Å². The molecule has 0 aromatic carbocycles. The highest BCUT2D eigenvalue weighted by Gasteiger charge is 2.06. The minimum Gasteiger partial charge on any atom is -0.506 e. The minimum atomic E-state index is -0.306. The summed E-state index contributed by atoms with van der Waals surface area (Å²) in [5.41, 5.74) is 0.312. The van der Waals surface area contributed by atoms with Crippen LogP contribution in [0.15, 0.2) is 41.3 Å². The zero-order valence-electron chi connectivity index (χ0n) is 8.38. The maximum atomic E-state index is 11.6. The molecule has 0 bridgehead atoms. The van der Waals surface area contributed by atoms with Crippen molar-refractivity contribution in [3.63, 3.8) is 0 Å². The van der Waals surface area contributed by atoms with Crippen LogP contribution >= 0.6 is 0 Å². The van der Waals surface area contributed by atoms with Crippen LogP contribution in [0.1, 0.15) is 16.1 Å². The van der Waals surface area contributed by atoms with E-state index in [1.165, 1.54) is 24.7 Å². The molecule has 16 heavy (non-hydrogen) atoms. The second-order valence-corrected chi connectivity index (χ2v) is 3.19. The molecule has 0 radical (unpaired) electrons. The van der Waals surface area contributed by atoms with Crippen LogP contribution in [0.5, 0.6) is 5.75 Å². The van der Waals surface area contributed by atoms with Gasteiger partial charge in [0, 0.05) is 6.20 Å². The Kier molecular flexibility index (Phi) is 2.86. The normalized spacial score (nSPS) is 10.0. The van der Waals surface area contributed by atoms with Crippen molar-refractivity contribution < 1.29 is 14.3 Å². The summed E-state index contributed by atoms with van der Waals surface area (Å²) < 4.78 is 5.06. The molecule has 5 heteroatoms. The van der Waals surface area contributed by atoms with Gasteiger partial charge >= 0.3 is 0 Å². The molecule has 0 aliphatic heterocycles. The Labute approximate surface area is 91.7 Å². The predicted molar refractivity (Wildman–Crippen MR) is 55.8 cm³/mol. The Morgan fingerprint density at radius 2 is 2.38 bits per heavy atom.